The number of halogens is 1. The van der Waals surface area contributed by atoms with Crippen molar-refractivity contribution in [1.29, 1.82) is 0 Å². The topological polar surface area (TPSA) is 29.3 Å². The fourth-order valence-corrected chi connectivity index (χ4v) is 2.59. The molecule has 2 rings (SSSR count). The number of nitrogens with zero attached hydrogens (tertiary/aromatic N) is 1. The molecule has 1 aromatic rings. The zero-order chi connectivity index (χ0) is 12.1. The van der Waals surface area contributed by atoms with E-state index in [-0.39, 0.29) is 5.82 Å². The Morgan fingerprint density at radius 1 is 1.24 bits per heavy atom. The van der Waals surface area contributed by atoms with Gasteiger partial charge in [0.15, 0.2) is 0 Å². The summed E-state index contributed by atoms with van der Waals surface area (Å²) in [6, 6.07) is 7.18. The summed E-state index contributed by atoms with van der Waals surface area (Å²) < 4.78 is 13.6. The van der Waals surface area contributed by atoms with E-state index in [1.807, 2.05) is 12.1 Å². The first-order chi connectivity index (χ1) is 8.31. The van der Waals surface area contributed by atoms with Crippen molar-refractivity contribution in [2.45, 2.75) is 25.2 Å². The maximum absolute atomic E-state index is 13.6. The van der Waals surface area contributed by atoms with Crippen LogP contribution in [0.15, 0.2) is 24.3 Å². The van der Waals surface area contributed by atoms with E-state index in [2.05, 4.69) is 4.90 Å². The number of benzene rings is 1. The average molecular weight is 236 g/mol. The number of rotatable bonds is 4. The van der Waals surface area contributed by atoms with Crippen molar-refractivity contribution in [1.82, 2.24) is 4.90 Å². The van der Waals surface area contributed by atoms with Crippen LogP contribution < -0.4 is 5.73 Å². The molecule has 0 aliphatic carbocycles. The summed E-state index contributed by atoms with van der Waals surface area (Å²) in [4.78, 5) is 2.43. The summed E-state index contributed by atoms with van der Waals surface area (Å²) in [6.45, 7) is 3.98. The number of hydrogen-bond donors (Lipinski definition) is 1. The van der Waals surface area contributed by atoms with Crippen molar-refractivity contribution < 1.29 is 4.39 Å². The molecule has 2 N–H and O–H groups in total. The lowest BCUT2D eigenvalue weighted by Gasteiger charge is -2.32. The Balaban J connectivity index is 1.89. The molecule has 1 aliphatic heterocycles. The van der Waals surface area contributed by atoms with Crippen LogP contribution >= 0.6 is 0 Å². The van der Waals surface area contributed by atoms with E-state index < -0.39 is 0 Å². The molecule has 1 aliphatic rings. The maximum Gasteiger partial charge on any atom is 0.126 e. The van der Waals surface area contributed by atoms with Gasteiger partial charge in [0.25, 0.3) is 0 Å². The summed E-state index contributed by atoms with van der Waals surface area (Å²) >= 11 is 0. The van der Waals surface area contributed by atoms with Gasteiger partial charge < -0.3 is 10.6 Å². The monoisotopic (exact) mass is 236 g/mol. The molecule has 17 heavy (non-hydrogen) atoms. The summed E-state index contributed by atoms with van der Waals surface area (Å²) in [5, 5.41) is 0. The molecular formula is C14H21FN2. The van der Waals surface area contributed by atoms with Gasteiger partial charge in [-0.3, -0.25) is 0 Å². The third-order valence-electron chi connectivity index (χ3n) is 3.61. The number of hydrogen-bond acceptors (Lipinski definition) is 2. The van der Waals surface area contributed by atoms with Crippen molar-refractivity contribution in [2.75, 3.05) is 26.2 Å². The normalized spacial score (nSPS) is 18.5. The SMILES string of the molecule is NCCCN1CCC(c2ccccc2F)CC1. The lowest BCUT2D eigenvalue weighted by molar-refractivity contribution is 0.210. The second-order valence-electron chi connectivity index (χ2n) is 4.78. The van der Waals surface area contributed by atoms with Gasteiger partial charge in [-0.25, -0.2) is 4.39 Å². The van der Waals surface area contributed by atoms with E-state index >= 15 is 0 Å². The van der Waals surface area contributed by atoms with Crippen LogP contribution in [0.1, 0.15) is 30.7 Å². The van der Waals surface area contributed by atoms with Crippen molar-refractivity contribution in [3.8, 4) is 0 Å². The highest BCUT2D eigenvalue weighted by Crippen LogP contribution is 2.29. The molecule has 1 heterocycles. The standard InChI is InChI=1S/C14H21FN2/c15-14-5-2-1-4-13(14)12-6-10-17(11-7-12)9-3-8-16/h1-2,4-5,12H,3,6-11,16H2. The lowest BCUT2D eigenvalue weighted by Crippen LogP contribution is -2.34. The van der Waals surface area contributed by atoms with Crippen LogP contribution in [0.25, 0.3) is 0 Å². The molecule has 94 valence electrons. The second kappa shape index (κ2) is 6.12. The molecule has 1 saturated heterocycles. The Bertz CT molecular complexity index is 346. The van der Waals surface area contributed by atoms with E-state index in [1.54, 1.807) is 12.1 Å². The van der Waals surface area contributed by atoms with E-state index in [9.17, 15) is 4.39 Å². The van der Waals surface area contributed by atoms with Gasteiger partial charge in [-0.15, -0.1) is 0 Å². The van der Waals surface area contributed by atoms with Gasteiger partial charge in [0, 0.05) is 0 Å². The molecule has 0 aromatic heterocycles. The maximum atomic E-state index is 13.6. The van der Waals surface area contributed by atoms with Crippen LogP contribution in [0.4, 0.5) is 4.39 Å². The van der Waals surface area contributed by atoms with Crippen LogP contribution in [-0.2, 0) is 0 Å². The molecule has 0 bridgehead atoms. The van der Waals surface area contributed by atoms with Crippen LogP contribution in [0.2, 0.25) is 0 Å². The first-order valence-corrected chi connectivity index (χ1v) is 6.48. The minimum atomic E-state index is -0.0482. The third-order valence-corrected chi connectivity index (χ3v) is 3.61. The third kappa shape index (κ3) is 3.27. The summed E-state index contributed by atoms with van der Waals surface area (Å²) in [5.41, 5.74) is 6.40. The van der Waals surface area contributed by atoms with Crippen LogP contribution in [0, 0.1) is 5.82 Å². The van der Waals surface area contributed by atoms with Crippen molar-refractivity contribution in [3.63, 3.8) is 0 Å². The van der Waals surface area contributed by atoms with Gasteiger partial charge in [-0.05, 0) is 63.0 Å². The molecule has 1 aromatic carbocycles. The van der Waals surface area contributed by atoms with Gasteiger partial charge in [0.2, 0.25) is 0 Å². The average Bonchev–Trinajstić information content (AvgIpc) is 2.38. The van der Waals surface area contributed by atoms with Crippen LogP contribution in [-0.4, -0.2) is 31.1 Å². The van der Waals surface area contributed by atoms with Gasteiger partial charge in [0.1, 0.15) is 5.82 Å². The first-order valence-electron chi connectivity index (χ1n) is 6.48. The zero-order valence-corrected chi connectivity index (χ0v) is 10.2. The Morgan fingerprint density at radius 2 is 1.94 bits per heavy atom. The van der Waals surface area contributed by atoms with Crippen molar-refractivity contribution >= 4 is 0 Å². The van der Waals surface area contributed by atoms with Gasteiger partial charge in [0.05, 0.1) is 0 Å². The Hall–Kier alpha value is -0.930. The molecule has 0 unspecified atom stereocenters. The lowest BCUT2D eigenvalue weighted by atomic mass is 9.89. The fourth-order valence-electron chi connectivity index (χ4n) is 2.59. The molecule has 0 spiro atoms. The molecule has 0 amide bonds. The van der Waals surface area contributed by atoms with Gasteiger partial charge in [-0.2, -0.15) is 0 Å². The number of piperidine rings is 1. The highest BCUT2D eigenvalue weighted by molar-refractivity contribution is 5.22. The largest absolute Gasteiger partial charge is 0.330 e. The first kappa shape index (κ1) is 12.5. The van der Waals surface area contributed by atoms with E-state index in [0.29, 0.717) is 5.92 Å². The van der Waals surface area contributed by atoms with Crippen LogP contribution in [0.3, 0.4) is 0 Å². The highest BCUT2D eigenvalue weighted by atomic mass is 19.1. The quantitative estimate of drug-likeness (QED) is 0.869. The predicted molar refractivity (Wildman–Crippen MR) is 68.5 cm³/mol. The molecule has 0 radical (unpaired) electrons. The Labute approximate surface area is 103 Å². The molecule has 0 saturated carbocycles. The number of likely N-dealkylation sites (tertiary alicyclic amines) is 1. The molecule has 2 nitrogen and oxygen atoms in total. The predicted octanol–water partition coefficient (Wildman–Crippen LogP) is 2.35. The molecule has 1 fully saturated rings. The van der Waals surface area contributed by atoms with Gasteiger partial charge in [-0.1, -0.05) is 18.2 Å². The summed E-state index contributed by atoms with van der Waals surface area (Å²) in [6.07, 6.45) is 3.18. The smallest absolute Gasteiger partial charge is 0.126 e. The molecule has 3 heteroatoms. The van der Waals surface area contributed by atoms with Crippen molar-refractivity contribution in [3.05, 3.63) is 35.6 Å². The zero-order valence-electron chi connectivity index (χ0n) is 10.2. The Morgan fingerprint density at radius 3 is 2.59 bits per heavy atom. The number of nitrogens with two attached hydrogens (primary N) is 1. The minimum absolute atomic E-state index is 0.0482. The van der Waals surface area contributed by atoms with Gasteiger partial charge >= 0.3 is 0 Å². The van der Waals surface area contributed by atoms with Crippen molar-refractivity contribution in [2.24, 2.45) is 5.73 Å². The highest BCUT2D eigenvalue weighted by Gasteiger charge is 2.21. The van der Waals surface area contributed by atoms with E-state index in [0.717, 1.165) is 51.0 Å². The molecular weight excluding hydrogens is 215 g/mol. The van der Waals surface area contributed by atoms with Crippen LogP contribution in [0.5, 0.6) is 0 Å². The Kier molecular flexibility index (Phi) is 4.51. The summed E-state index contributed by atoms with van der Waals surface area (Å²) in [7, 11) is 0. The van der Waals surface area contributed by atoms with E-state index in [1.165, 1.54) is 0 Å². The summed E-state index contributed by atoms with van der Waals surface area (Å²) in [5.74, 6) is 0.346. The fraction of sp³-hybridized carbons (Fsp3) is 0.571. The molecule has 0 atom stereocenters. The minimum Gasteiger partial charge on any atom is -0.330 e. The second-order valence-corrected chi connectivity index (χ2v) is 4.78. The van der Waals surface area contributed by atoms with E-state index in [4.69, 9.17) is 5.73 Å².